The Bertz CT molecular complexity index is 1210. The Hall–Kier alpha value is -4.13. The number of amides is 2. The minimum absolute atomic E-state index is 0.336. The van der Waals surface area contributed by atoms with Crippen molar-refractivity contribution >= 4 is 23.1 Å². The number of imide groups is 1. The normalized spacial score (nSPS) is 13.4. The Morgan fingerprint density at radius 1 is 0.882 bits per heavy atom. The topological polar surface area (TPSA) is 72.0 Å². The van der Waals surface area contributed by atoms with Gasteiger partial charge in [0.1, 0.15) is 5.70 Å². The van der Waals surface area contributed by atoms with E-state index in [9.17, 15) is 9.59 Å². The molecule has 0 fully saturated rings. The van der Waals surface area contributed by atoms with E-state index in [0.29, 0.717) is 53.5 Å². The van der Waals surface area contributed by atoms with Gasteiger partial charge in [0.05, 0.1) is 25.5 Å². The van der Waals surface area contributed by atoms with Crippen LogP contribution < -0.4 is 14.4 Å². The molecule has 0 unspecified atom stereocenters. The summed E-state index contributed by atoms with van der Waals surface area (Å²) in [5.74, 6) is 0.346. The molecular weight excluding hydrogens is 430 g/mol. The second-order valence-corrected chi connectivity index (χ2v) is 7.76. The van der Waals surface area contributed by atoms with Crippen molar-refractivity contribution in [3.05, 3.63) is 89.9 Å². The highest BCUT2D eigenvalue weighted by molar-refractivity contribution is 6.45. The van der Waals surface area contributed by atoms with Crippen molar-refractivity contribution in [1.29, 1.82) is 0 Å². The summed E-state index contributed by atoms with van der Waals surface area (Å²) in [5.41, 5.74) is 2.99. The van der Waals surface area contributed by atoms with Gasteiger partial charge in [0, 0.05) is 25.5 Å². The molecule has 4 rings (SSSR count). The first-order chi connectivity index (χ1) is 16.6. The molecule has 1 aliphatic rings. The third kappa shape index (κ3) is 4.37. The predicted molar refractivity (Wildman–Crippen MR) is 131 cm³/mol. The summed E-state index contributed by atoms with van der Waals surface area (Å²) in [6, 6.07) is 18.2. The van der Waals surface area contributed by atoms with Crippen molar-refractivity contribution in [2.24, 2.45) is 0 Å². The van der Waals surface area contributed by atoms with Gasteiger partial charge < -0.3 is 14.4 Å². The van der Waals surface area contributed by atoms with Crippen LogP contribution in [0, 0.1) is 0 Å². The number of nitrogens with zero attached hydrogens (tertiary/aromatic N) is 3. The van der Waals surface area contributed by atoms with Crippen molar-refractivity contribution in [2.75, 3.05) is 32.2 Å². The van der Waals surface area contributed by atoms with E-state index in [4.69, 9.17) is 9.47 Å². The fourth-order valence-corrected chi connectivity index (χ4v) is 4.12. The first-order valence-corrected chi connectivity index (χ1v) is 11.1. The molecule has 2 aromatic carbocycles. The third-order valence-corrected chi connectivity index (χ3v) is 5.86. The summed E-state index contributed by atoms with van der Waals surface area (Å²) < 4.78 is 10.8. The summed E-state index contributed by atoms with van der Waals surface area (Å²) in [7, 11) is 3.10. The maximum Gasteiger partial charge on any atom is 0.282 e. The van der Waals surface area contributed by atoms with Gasteiger partial charge in [0.2, 0.25) is 0 Å². The lowest BCUT2D eigenvalue weighted by molar-refractivity contribution is -0.120. The summed E-state index contributed by atoms with van der Waals surface area (Å²) in [6.07, 6.45) is 4.22. The van der Waals surface area contributed by atoms with E-state index in [-0.39, 0.29) is 11.8 Å². The Kier molecular flexibility index (Phi) is 6.92. The summed E-state index contributed by atoms with van der Waals surface area (Å²) in [6.45, 7) is 3.13. The molecule has 174 valence electrons. The number of hydrogen-bond acceptors (Lipinski definition) is 6. The van der Waals surface area contributed by atoms with E-state index >= 15 is 0 Å². The molecule has 34 heavy (non-hydrogen) atoms. The monoisotopic (exact) mass is 457 g/mol. The highest BCUT2D eigenvalue weighted by Crippen LogP contribution is 2.38. The molecule has 7 heteroatoms. The molecule has 2 heterocycles. The second-order valence-electron chi connectivity index (χ2n) is 7.76. The fraction of sp³-hybridized carbons (Fsp3) is 0.222. The lowest BCUT2D eigenvalue weighted by Crippen LogP contribution is -2.36. The van der Waals surface area contributed by atoms with Gasteiger partial charge >= 0.3 is 0 Å². The van der Waals surface area contributed by atoms with E-state index < -0.39 is 0 Å². The van der Waals surface area contributed by atoms with Crippen LogP contribution in [0.15, 0.2) is 78.8 Å². The van der Waals surface area contributed by atoms with E-state index in [0.717, 1.165) is 5.56 Å². The number of aromatic nitrogens is 1. The van der Waals surface area contributed by atoms with Gasteiger partial charge in [-0.1, -0.05) is 24.3 Å². The third-order valence-electron chi connectivity index (χ3n) is 5.86. The van der Waals surface area contributed by atoms with Gasteiger partial charge in [-0.2, -0.15) is 0 Å². The molecule has 0 N–H and O–H groups in total. The zero-order valence-corrected chi connectivity index (χ0v) is 19.5. The van der Waals surface area contributed by atoms with Crippen molar-refractivity contribution in [3.63, 3.8) is 0 Å². The maximum atomic E-state index is 13.7. The Morgan fingerprint density at radius 2 is 1.59 bits per heavy atom. The molecule has 0 radical (unpaired) electrons. The lowest BCUT2D eigenvalue weighted by Gasteiger charge is -2.25. The van der Waals surface area contributed by atoms with E-state index in [1.54, 1.807) is 56.9 Å². The maximum absolute atomic E-state index is 13.7. The molecular formula is C27H27N3O4. The summed E-state index contributed by atoms with van der Waals surface area (Å²) in [5, 5.41) is 0. The number of rotatable bonds is 9. The number of carbonyl (C=O) groups excluding carboxylic acids is 2. The highest BCUT2D eigenvalue weighted by atomic mass is 16.5. The molecule has 7 nitrogen and oxygen atoms in total. The van der Waals surface area contributed by atoms with Crippen LogP contribution in [-0.4, -0.2) is 49.0 Å². The Labute approximate surface area is 199 Å². The number of para-hydroxylation sites is 1. The average Bonchev–Trinajstić information content (AvgIpc) is 3.14. The van der Waals surface area contributed by atoms with Crippen molar-refractivity contribution < 1.29 is 19.1 Å². The fourth-order valence-electron chi connectivity index (χ4n) is 4.12. The number of carbonyl (C=O) groups is 2. The van der Waals surface area contributed by atoms with Crippen LogP contribution in [0.2, 0.25) is 0 Å². The molecule has 1 aromatic heterocycles. The van der Waals surface area contributed by atoms with Crippen LogP contribution in [0.3, 0.4) is 0 Å². The van der Waals surface area contributed by atoms with Crippen LogP contribution in [0.4, 0.5) is 5.69 Å². The van der Waals surface area contributed by atoms with E-state index in [1.165, 1.54) is 4.90 Å². The molecule has 0 atom stereocenters. The predicted octanol–water partition coefficient (Wildman–Crippen LogP) is 3.95. The van der Waals surface area contributed by atoms with Crippen LogP contribution in [0.5, 0.6) is 11.5 Å². The van der Waals surface area contributed by atoms with E-state index in [1.807, 2.05) is 42.2 Å². The molecule has 0 bridgehead atoms. The number of hydrogen-bond donors (Lipinski definition) is 0. The Morgan fingerprint density at radius 3 is 2.24 bits per heavy atom. The number of methoxy groups -OCH3 is 2. The average molecular weight is 458 g/mol. The molecule has 3 aromatic rings. The van der Waals surface area contributed by atoms with Gasteiger partial charge in [-0.3, -0.25) is 14.6 Å². The molecule has 2 amide bonds. The molecule has 1 aliphatic heterocycles. The van der Waals surface area contributed by atoms with Crippen LogP contribution >= 0.6 is 0 Å². The van der Waals surface area contributed by atoms with E-state index in [2.05, 4.69) is 4.98 Å². The van der Waals surface area contributed by atoms with Crippen LogP contribution in [0.1, 0.15) is 18.1 Å². The first kappa shape index (κ1) is 23.0. The first-order valence-electron chi connectivity index (χ1n) is 11.1. The SMILES string of the molecule is CCN(CCc1ccncc1)C1=C(c2ccc(OC)c(OC)c2)C(=O)N(c2ccccc2)C1=O. The highest BCUT2D eigenvalue weighted by Gasteiger charge is 2.42. The zero-order chi connectivity index (χ0) is 24.1. The molecule has 0 saturated carbocycles. The number of likely N-dealkylation sites (N-methyl/N-ethyl adjacent to an activating group) is 1. The van der Waals surface area contributed by atoms with Crippen molar-refractivity contribution in [1.82, 2.24) is 9.88 Å². The lowest BCUT2D eigenvalue weighted by atomic mass is 10.0. The van der Waals surface area contributed by atoms with Crippen molar-refractivity contribution in [2.45, 2.75) is 13.3 Å². The minimum atomic E-state index is -0.360. The van der Waals surface area contributed by atoms with Gasteiger partial charge in [0.25, 0.3) is 11.8 Å². The van der Waals surface area contributed by atoms with Gasteiger partial charge in [-0.15, -0.1) is 0 Å². The Balaban J connectivity index is 1.80. The largest absolute Gasteiger partial charge is 0.493 e. The number of anilines is 1. The standard InChI is InChI=1S/C27H27N3O4/c1-4-29(17-14-19-12-15-28-16-13-19)25-24(20-10-11-22(33-2)23(18-20)34-3)26(31)30(27(25)32)21-8-6-5-7-9-21/h5-13,15-16,18H,4,14,17H2,1-3H3. The van der Waals surface area contributed by atoms with Crippen LogP contribution in [0.25, 0.3) is 5.57 Å². The zero-order valence-electron chi connectivity index (χ0n) is 19.5. The smallest absolute Gasteiger partial charge is 0.282 e. The second kappa shape index (κ2) is 10.2. The summed E-state index contributed by atoms with van der Waals surface area (Å²) in [4.78, 5) is 34.7. The quantitative estimate of drug-likeness (QED) is 0.453. The summed E-state index contributed by atoms with van der Waals surface area (Å²) >= 11 is 0. The number of ether oxygens (including phenoxy) is 2. The van der Waals surface area contributed by atoms with Crippen LogP contribution in [-0.2, 0) is 16.0 Å². The van der Waals surface area contributed by atoms with Gasteiger partial charge in [-0.25, -0.2) is 4.90 Å². The van der Waals surface area contributed by atoms with Gasteiger partial charge in [0.15, 0.2) is 11.5 Å². The van der Waals surface area contributed by atoms with Gasteiger partial charge in [-0.05, 0) is 60.9 Å². The number of pyridine rings is 1. The molecule has 0 aliphatic carbocycles. The number of benzene rings is 2. The van der Waals surface area contributed by atoms with Crippen molar-refractivity contribution in [3.8, 4) is 11.5 Å². The molecule has 0 spiro atoms. The molecule has 0 saturated heterocycles. The minimum Gasteiger partial charge on any atom is -0.493 e.